The van der Waals surface area contributed by atoms with E-state index in [9.17, 15) is 9.90 Å². The normalized spacial score (nSPS) is 12.1. The molecule has 1 amide bonds. The molecule has 0 radical (unpaired) electrons. The van der Waals surface area contributed by atoms with E-state index in [0.717, 1.165) is 28.9 Å². The van der Waals surface area contributed by atoms with Gasteiger partial charge in [0.1, 0.15) is 5.75 Å². The molecule has 0 saturated heterocycles. The zero-order valence-electron chi connectivity index (χ0n) is 13.3. The van der Waals surface area contributed by atoms with E-state index in [1.165, 1.54) is 0 Å². The van der Waals surface area contributed by atoms with Crippen LogP contribution >= 0.6 is 0 Å². The first-order valence-electron chi connectivity index (χ1n) is 7.53. The van der Waals surface area contributed by atoms with Crippen molar-refractivity contribution in [3.63, 3.8) is 0 Å². The summed E-state index contributed by atoms with van der Waals surface area (Å²) in [6.45, 7) is 6.46. The molecule has 118 valence electrons. The number of phenols is 1. The van der Waals surface area contributed by atoms with Crippen molar-refractivity contribution >= 4 is 5.91 Å². The standard InChI is InChI=1S/C17H23N3O2/c1-11(10-16-12(2)19-20-13(16)3)17(22)18-9-8-14-4-6-15(21)7-5-14/h4-7,11,21H,8-10H2,1-3H3,(H,18,22)(H,19,20)/t11-/m1/s1. The Morgan fingerprint density at radius 3 is 2.59 bits per heavy atom. The molecule has 5 heteroatoms. The Morgan fingerprint density at radius 1 is 1.32 bits per heavy atom. The van der Waals surface area contributed by atoms with Crippen LogP contribution in [0.25, 0.3) is 0 Å². The summed E-state index contributed by atoms with van der Waals surface area (Å²) in [5.41, 5.74) is 4.20. The van der Waals surface area contributed by atoms with Crippen LogP contribution in [0.2, 0.25) is 0 Å². The molecular weight excluding hydrogens is 278 g/mol. The lowest BCUT2D eigenvalue weighted by atomic mass is 9.99. The number of hydrogen-bond donors (Lipinski definition) is 3. The number of nitrogens with zero attached hydrogens (tertiary/aromatic N) is 1. The minimum absolute atomic E-state index is 0.0544. The molecule has 0 fully saturated rings. The molecule has 0 bridgehead atoms. The van der Waals surface area contributed by atoms with E-state index < -0.39 is 0 Å². The lowest BCUT2D eigenvalue weighted by Gasteiger charge is -2.12. The highest BCUT2D eigenvalue weighted by Gasteiger charge is 2.16. The molecule has 0 aliphatic carbocycles. The van der Waals surface area contributed by atoms with E-state index in [1.54, 1.807) is 12.1 Å². The molecule has 1 aromatic carbocycles. The maximum atomic E-state index is 12.2. The Kier molecular flexibility index (Phi) is 5.20. The van der Waals surface area contributed by atoms with Crippen LogP contribution in [0.3, 0.4) is 0 Å². The van der Waals surface area contributed by atoms with Crippen LogP contribution in [0.15, 0.2) is 24.3 Å². The molecule has 1 atom stereocenters. The van der Waals surface area contributed by atoms with Gasteiger partial charge < -0.3 is 10.4 Å². The number of nitrogens with one attached hydrogen (secondary N) is 2. The van der Waals surface area contributed by atoms with E-state index in [4.69, 9.17) is 0 Å². The van der Waals surface area contributed by atoms with Gasteiger partial charge >= 0.3 is 0 Å². The summed E-state index contributed by atoms with van der Waals surface area (Å²) in [4.78, 5) is 12.2. The van der Waals surface area contributed by atoms with Gasteiger partial charge in [0.05, 0.1) is 5.69 Å². The maximum Gasteiger partial charge on any atom is 0.223 e. The monoisotopic (exact) mass is 301 g/mol. The molecule has 1 heterocycles. The van der Waals surface area contributed by atoms with Crippen molar-refractivity contribution in [3.8, 4) is 5.75 Å². The quantitative estimate of drug-likeness (QED) is 0.766. The van der Waals surface area contributed by atoms with Crippen LogP contribution in [0.5, 0.6) is 5.75 Å². The lowest BCUT2D eigenvalue weighted by molar-refractivity contribution is -0.124. The van der Waals surface area contributed by atoms with E-state index in [-0.39, 0.29) is 17.6 Å². The minimum Gasteiger partial charge on any atom is -0.508 e. The van der Waals surface area contributed by atoms with Gasteiger partial charge in [0.15, 0.2) is 0 Å². The van der Waals surface area contributed by atoms with Crippen LogP contribution in [-0.4, -0.2) is 27.8 Å². The number of rotatable bonds is 6. The summed E-state index contributed by atoms with van der Waals surface area (Å²) in [6, 6.07) is 7.04. The Balaban J connectivity index is 1.80. The number of H-pyrrole nitrogens is 1. The highest BCUT2D eigenvalue weighted by Crippen LogP contribution is 2.15. The van der Waals surface area contributed by atoms with Crippen LogP contribution in [0.4, 0.5) is 0 Å². The fraction of sp³-hybridized carbons (Fsp3) is 0.412. The minimum atomic E-state index is -0.0881. The Hall–Kier alpha value is -2.30. The highest BCUT2D eigenvalue weighted by atomic mass is 16.3. The van der Waals surface area contributed by atoms with Crippen molar-refractivity contribution in [2.45, 2.75) is 33.6 Å². The SMILES string of the molecule is Cc1n[nH]c(C)c1C[C@@H](C)C(=O)NCCc1ccc(O)cc1. The van der Waals surface area contributed by atoms with Crippen LogP contribution in [0, 0.1) is 19.8 Å². The fourth-order valence-corrected chi connectivity index (χ4v) is 2.44. The van der Waals surface area contributed by atoms with Crippen LogP contribution < -0.4 is 5.32 Å². The summed E-state index contributed by atoms with van der Waals surface area (Å²) in [5.74, 6) is 0.223. The number of amides is 1. The Morgan fingerprint density at radius 2 is 2.00 bits per heavy atom. The first-order chi connectivity index (χ1) is 10.5. The fourth-order valence-electron chi connectivity index (χ4n) is 2.44. The van der Waals surface area contributed by atoms with Crippen LogP contribution in [-0.2, 0) is 17.6 Å². The summed E-state index contributed by atoms with van der Waals surface area (Å²) >= 11 is 0. The zero-order valence-corrected chi connectivity index (χ0v) is 13.3. The van der Waals surface area contributed by atoms with Crippen molar-refractivity contribution in [2.75, 3.05) is 6.54 Å². The number of aromatic amines is 1. The molecule has 2 rings (SSSR count). The van der Waals surface area contributed by atoms with E-state index in [0.29, 0.717) is 13.0 Å². The molecule has 0 aliphatic heterocycles. The molecule has 5 nitrogen and oxygen atoms in total. The molecule has 0 aliphatic rings. The van der Waals surface area contributed by atoms with Gasteiger partial charge in [-0.2, -0.15) is 5.10 Å². The molecule has 1 aromatic heterocycles. The predicted molar refractivity (Wildman–Crippen MR) is 85.8 cm³/mol. The van der Waals surface area contributed by atoms with Crippen LogP contribution in [0.1, 0.15) is 29.4 Å². The number of carbonyl (C=O) groups is 1. The highest BCUT2D eigenvalue weighted by molar-refractivity contribution is 5.78. The van der Waals surface area contributed by atoms with Gasteiger partial charge in [0.25, 0.3) is 0 Å². The second kappa shape index (κ2) is 7.11. The average Bonchev–Trinajstić information content (AvgIpc) is 2.81. The number of aryl methyl sites for hydroxylation is 2. The second-order valence-corrected chi connectivity index (χ2v) is 5.73. The molecule has 2 aromatic rings. The predicted octanol–water partition coefficient (Wildman–Crippen LogP) is 2.27. The van der Waals surface area contributed by atoms with Crippen molar-refractivity contribution in [1.29, 1.82) is 0 Å². The number of hydrogen-bond acceptors (Lipinski definition) is 3. The smallest absolute Gasteiger partial charge is 0.223 e. The van der Waals surface area contributed by atoms with Gasteiger partial charge in [0, 0.05) is 18.2 Å². The first-order valence-corrected chi connectivity index (χ1v) is 7.53. The zero-order chi connectivity index (χ0) is 16.1. The third-order valence-corrected chi connectivity index (χ3v) is 3.89. The van der Waals surface area contributed by atoms with Crippen molar-refractivity contribution in [1.82, 2.24) is 15.5 Å². The van der Waals surface area contributed by atoms with E-state index >= 15 is 0 Å². The summed E-state index contributed by atoms with van der Waals surface area (Å²) in [6.07, 6.45) is 1.45. The van der Waals surface area contributed by atoms with Gasteiger partial charge in [-0.25, -0.2) is 0 Å². The van der Waals surface area contributed by atoms with E-state index in [1.807, 2.05) is 32.9 Å². The van der Waals surface area contributed by atoms with Crippen molar-refractivity contribution in [2.24, 2.45) is 5.92 Å². The van der Waals surface area contributed by atoms with Gasteiger partial charge in [-0.05, 0) is 49.9 Å². The molecular formula is C17H23N3O2. The van der Waals surface area contributed by atoms with Crippen molar-refractivity contribution < 1.29 is 9.90 Å². The number of benzene rings is 1. The largest absolute Gasteiger partial charge is 0.508 e. The molecule has 0 unspecified atom stereocenters. The number of aromatic nitrogens is 2. The number of aromatic hydroxyl groups is 1. The van der Waals surface area contributed by atoms with Gasteiger partial charge in [-0.3, -0.25) is 9.89 Å². The van der Waals surface area contributed by atoms with Gasteiger partial charge in [-0.15, -0.1) is 0 Å². The molecule has 0 saturated carbocycles. The first kappa shape index (κ1) is 16.1. The third-order valence-electron chi connectivity index (χ3n) is 3.89. The van der Waals surface area contributed by atoms with Gasteiger partial charge in [0.2, 0.25) is 5.91 Å². The average molecular weight is 301 g/mol. The summed E-state index contributed by atoms with van der Waals surface area (Å²) in [7, 11) is 0. The van der Waals surface area contributed by atoms with Gasteiger partial charge in [-0.1, -0.05) is 19.1 Å². The van der Waals surface area contributed by atoms with E-state index in [2.05, 4.69) is 15.5 Å². The number of phenolic OH excluding ortho intramolecular Hbond substituents is 1. The Bertz CT molecular complexity index is 612. The molecule has 0 spiro atoms. The topological polar surface area (TPSA) is 78.0 Å². The maximum absolute atomic E-state index is 12.2. The van der Waals surface area contributed by atoms with Crippen molar-refractivity contribution in [3.05, 3.63) is 46.8 Å². The molecule has 3 N–H and O–H groups in total. The summed E-state index contributed by atoms with van der Waals surface area (Å²) < 4.78 is 0. The number of carbonyl (C=O) groups excluding carboxylic acids is 1. The molecule has 22 heavy (non-hydrogen) atoms. The lowest BCUT2D eigenvalue weighted by Crippen LogP contribution is -2.32. The summed E-state index contributed by atoms with van der Waals surface area (Å²) in [5, 5.41) is 19.3. The Labute approximate surface area is 130 Å². The third kappa shape index (κ3) is 4.10. The second-order valence-electron chi connectivity index (χ2n) is 5.73.